The van der Waals surface area contributed by atoms with Gasteiger partial charge in [0.25, 0.3) is 0 Å². The van der Waals surface area contributed by atoms with Crippen molar-refractivity contribution < 1.29 is 23.9 Å². The summed E-state index contributed by atoms with van der Waals surface area (Å²) in [7, 11) is 0. The van der Waals surface area contributed by atoms with Crippen molar-refractivity contribution >= 4 is 40.8 Å². The van der Waals surface area contributed by atoms with Gasteiger partial charge in [0.15, 0.2) is 0 Å². The number of primary amides is 1. The Balaban J connectivity index is 1.07. The number of piperazine rings is 1. The zero-order chi connectivity index (χ0) is 36.7. The number of hydrogen-bond acceptors (Lipinski definition) is 10. The molecule has 0 spiro atoms. The number of nitrogens with zero attached hydrogens (tertiary/aromatic N) is 5. The fourth-order valence-corrected chi connectivity index (χ4v) is 7.30. The number of benzene rings is 1. The zero-order valence-electron chi connectivity index (χ0n) is 30.2. The minimum absolute atomic E-state index is 0.168. The second-order valence-corrected chi connectivity index (χ2v) is 15.2. The summed E-state index contributed by atoms with van der Waals surface area (Å²) in [5, 5.41) is 6.02. The maximum atomic E-state index is 13.9. The number of nitrogens with one attached hydrogen (secondary N) is 2. The molecule has 0 bridgehead atoms. The van der Waals surface area contributed by atoms with Gasteiger partial charge in [0, 0.05) is 45.5 Å². The van der Waals surface area contributed by atoms with E-state index >= 15 is 0 Å². The van der Waals surface area contributed by atoms with Crippen molar-refractivity contribution in [1.29, 1.82) is 0 Å². The van der Waals surface area contributed by atoms with Crippen LogP contribution in [-0.4, -0.2) is 108 Å². The van der Waals surface area contributed by atoms with Crippen LogP contribution in [0.25, 0.3) is 10.4 Å². The lowest BCUT2D eigenvalue weighted by Gasteiger charge is -2.36. The van der Waals surface area contributed by atoms with E-state index in [1.165, 1.54) is 6.20 Å². The van der Waals surface area contributed by atoms with Crippen molar-refractivity contribution in [3.05, 3.63) is 64.9 Å². The second-order valence-electron chi connectivity index (χ2n) is 14.3. The molecule has 14 heteroatoms. The SMILES string of the molecule is Cc1ncsc1-c1ccc([C@H](C)NC(=O)[C@@H]2CCCN2C(=O)C(NC(=O)COCCN2CCN(c3ccc(C(N)=O)cn3)CC2)C(C)(C)C)cc1. The van der Waals surface area contributed by atoms with Gasteiger partial charge in [0.1, 0.15) is 24.5 Å². The number of thiazole rings is 1. The van der Waals surface area contributed by atoms with Gasteiger partial charge in [0.05, 0.1) is 34.3 Å². The van der Waals surface area contributed by atoms with Crippen LogP contribution in [0.4, 0.5) is 5.82 Å². The summed E-state index contributed by atoms with van der Waals surface area (Å²) >= 11 is 1.60. The van der Waals surface area contributed by atoms with E-state index in [-0.39, 0.29) is 30.4 Å². The molecule has 2 aliphatic heterocycles. The van der Waals surface area contributed by atoms with Gasteiger partial charge in [-0.1, -0.05) is 45.0 Å². The minimum atomic E-state index is -0.819. The molecule has 1 aromatic carbocycles. The Morgan fingerprint density at radius 1 is 1.00 bits per heavy atom. The fraction of sp³-hybridized carbons (Fsp3) is 0.514. The standard InChI is InChI=1S/C37H50N8O5S/c1-24(26-8-10-27(11-9-26)32-25(2)40-23-51-32)41-35(48)29-7-6-14-45(29)36(49)33(37(3,4)5)42-31(46)22-50-20-19-43-15-17-44(18-16-43)30-13-12-28(21-39-30)34(38)47/h8-13,21,23-24,29,33H,6-7,14-20,22H2,1-5H3,(H2,38,47)(H,41,48)(H,42,46)/t24-,29-,33?/m0/s1. The molecule has 3 atom stereocenters. The second kappa shape index (κ2) is 16.7. The maximum absolute atomic E-state index is 13.9. The lowest BCUT2D eigenvalue weighted by atomic mass is 9.85. The van der Waals surface area contributed by atoms with Crippen LogP contribution in [0.1, 0.15) is 68.2 Å². The third-order valence-corrected chi connectivity index (χ3v) is 10.5. The number of anilines is 1. The Labute approximate surface area is 303 Å². The van der Waals surface area contributed by atoms with Gasteiger partial charge in [-0.3, -0.25) is 24.1 Å². The summed E-state index contributed by atoms with van der Waals surface area (Å²) in [6.45, 7) is 14.1. The number of nitrogens with two attached hydrogens (primary N) is 1. The molecule has 13 nitrogen and oxygen atoms in total. The van der Waals surface area contributed by atoms with Crippen LogP contribution < -0.4 is 21.3 Å². The molecule has 2 fully saturated rings. The highest BCUT2D eigenvalue weighted by molar-refractivity contribution is 7.13. The largest absolute Gasteiger partial charge is 0.370 e. The number of carbonyl (C=O) groups excluding carboxylic acids is 4. The topological polar surface area (TPSA) is 163 Å². The van der Waals surface area contributed by atoms with E-state index in [1.54, 1.807) is 28.4 Å². The monoisotopic (exact) mass is 718 g/mol. The lowest BCUT2D eigenvalue weighted by molar-refractivity contribution is -0.144. The van der Waals surface area contributed by atoms with Crippen molar-refractivity contribution in [2.24, 2.45) is 11.1 Å². The zero-order valence-corrected chi connectivity index (χ0v) is 31.0. The Hall–Kier alpha value is -4.40. The number of hydrogen-bond donors (Lipinski definition) is 3. The van der Waals surface area contributed by atoms with Gasteiger partial charge in [-0.2, -0.15) is 0 Å². The van der Waals surface area contributed by atoms with Crippen molar-refractivity contribution in [3.8, 4) is 10.4 Å². The average Bonchev–Trinajstić information content (AvgIpc) is 3.78. The molecule has 4 amide bonds. The molecule has 2 aromatic heterocycles. The third-order valence-electron chi connectivity index (χ3n) is 9.55. The number of pyridine rings is 1. The molecule has 0 saturated carbocycles. The number of likely N-dealkylation sites (tertiary alicyclic amines) is 1. The predicted molar refractivity (Wildman–Crippen MR) is 197 cm³/mol. The molecule has 4 heterocycles. The molecular formula is C37H50N8O5S. The molecule has 274 valence electrons. The summed E-state index contributed by atoms with van der Waals surface area (Å²) < 4.78 is 5.73. The first-order valence-electron chi connectivity index (χ1n) is 17.5. The van der Waals surface area contributed by atoms with Crippen molar-refractivity contribution in [3.63, 3.8) is 0 Å². The summed E-state index contributed by atoms with van der Waals surface area (Å²) in [6.07, 6.45) is 2.77. The van der Waals surface area contributed by atoms with Gasteiger partial charge in [-0.15, -0.1) is 11.3 Å². The molecule has 1 unspecified atom stereocenters. The highest BCUT2D eigenvalue weighted by atomic mass is 32.1. The van der Waals surface area contributed by atoms with E-state index in [9.17, 15) is 19.2 Å². The molecule has 4 N–H and O–H groups in total. The molecule has 2 saturated heterocycles. The van der Waals surface area contributed by atoms with Crippen molar-refractivity contribution in [2.45, 2.75) is 65.6 Å². The van der Waals surface area contributed by atoms with Gasteiger partial charge < -0.3 is 30.9 Å². The summed E-state index contributed by atoms with van der Waals surface area (Å²) in [5.74, 6) is -0.530. The van der Waals surface area contributed by atoms with E-state index in [4.69, 9.17) is 10.5 Å². The first kappa shape index (κ1) is 37.8. The Morgan fingerprint density at radius 2 is 1.73 bits per heavy atom. The van der Waals surface area contributed by atoms with Gasteiger partial charge in [-0.05, 0) is 55.4 Å². The molecule has 2 aliphatic rings. The van der Waals surface area contributed by atoms with Gasteiger partial charge in [-0.25, -0.2) is 9.97 Å². The van der Waals surface area contributed by atoms with Gasteiger partial charge in [0.2, 0.25) is 23.6 Å². The van der Waals surface area contributed by atoms with Crippen LogP contribution in [0.5, 0.6) is 0 Å². The summed E-state index contributed by atoms with van der Waals surface area (Å²) in [5.41, 5.74) is 9.99. The molecule has 3 aromatic rings. The normalized spacial score (nSPS) is 17.9. The highest BCUT2D eigenvalue weighted by Gasteiger charge is 2.42. The third kappa shape index (κ3) is 9.69. The quantitative estimate of drug-likeness (QED) is 0.226. The van der Waals surface area contributed by atoms with E-state index in [1.807, 2.05) is 64.4 Å². The van der Waals surface area contributed by atoms with Crippen LogP contribution in [0.15, 0.2) is 48.1 Å². The molecular weight excluding hydrogens is 669 g/mol. The summed E-state index contributed by atoms with van der Waals surface area (Å²) in [6, 6.07) is 9.92. The van der Waals surface area contributed by atoms with Crippen LogP contribution in [0.3, 0.4) is 0 Å². The van der Waals surface area contributed by atoms with E-state index in [0.29, 0.717) is 38.1 Å². The smallest absolute Gasteiger partial charge is 0.250 e. The number of aryl methyl sites for hydroxylation is 1. The first-order chi connectivity index (χ1) is 24.3. The number of amides is 4. The van der Waals surface area contributed by atoms with Crippen LogP contribution in [0, 0.1) is 12.3 Å². The first-order valence-corrected chi connectivity index (χ1v) is 18.4. The van der Waals surface area contributed by atoms with E-state index in [0.717, 1.165) is 53.7 Å². The predicted octanol–water partition coefficient (Wildman–Crippen LogP) is 3.15. The lowest BCUT2D eigenvalue weighted by Crippen LogP contribution is -2.58. The Bertz CT molecular complexity index is 1670. The Morgan fingerprint density at radius 3 is 2.33 bits per heavy atom. The Kier molecular flexibility index (Phi) is 12.4. The number of carbonyl (C=O) groups is 4. The van der Waals surface area contributed by atoms with Crippen LogP contribution >= 0.6 is 11.3 Å². The van der Waals surface area contributed by atoms with E-state index in [2.05, 4.69) is 30.4 Å². The van der Waals surface area contributed by atoms with Gasteiger partial charge >= 0.3 is 0 Å². The molecule has 0 aliphatic carbocycles. The fourth-order valence-electron chi connectivity index (χ4n) is 6.49. The van der Waals surface area contributed by atoms with E-state index < -0.39 is 23.4 Å². The van der Waals surface area contributed by atoms with Crippen LogP contribution in [-0.2, 0) is 19.1 Å². The number of aromatic nitrogens is 2. The van der Waals surface area contributed by atoms with Crippen LogP contribution in [0.2, 0.25) is 0 Å². The molecule has 0 radical (unpaired) electrons. The number of rotatable bonds is 13. The van der Waals surface area contributed by atoms with Crippen molar-refractivity contribution in [2.75, 3.05) is 57.4 Å². The average molecular weight is 719 g/mol. The highest BCUT2D eigenvalue weighted by Crippen LogP contribution is 2.29. The van der Waals surface area contributed by atoms with Crippen molar-refractivity contribution in [1.82, 2.24) is 30.4 Å². The molecule has 51 heavy (non-hydrogen) atoms. The number of ether oxygens (including phenoxy) is 1. The molecule has 5 rings (SSSR count). The minimum Gasteiger partial charge on any atom is -0.370 e. The maximum Gasteiger partial charge on any atom is 0.250 e. The summed E-state index contributed by atoms with van der Waals surface area (Å²) in [4.78, 5) is 67.6.